The van der Waals surface area contributed by atoms with Gasteiger partial charge in [0.25, 0.3) is 11.7 Å². The highest BCUT2D eigenvalue weighted by molar-refractivity contribution is 6.39. The smallest absolute Gasteiger partial charge is 0.329 e. The number of cyclic esters (lactones) is 1. The van der Waals surface area contributed by atoms with Crippen molar-refractivity contribution in [3.8, 4) is 0 Å². The van der Waals surface area contributed by atoms with Gasteiger partial charge in [-0.25, -0.2) is 4.79 Å². The van der Waals surface area contributed by atoms with Gasteiger partial charge in [0.15, 0.2) is 5.78 Å². The molecule has 348 valence electrons. The monoisotopic (exact) mass is 872 g/mol. The normalized spacial score (nSPS) is 38.8. The first kappa shape index (κ1) is 51.3. The Morgan fingerprint density at radius 2 is 1.60 bits per heavy atom. The molecule has 4 aliphatic rings. The van der Waals surface area contributed by atoms with Gasteiger partial charge in [-0.3, -0.25) is 19.2 Å². The van der Waals surface area contributed by atoms with E-state index in [2.05, 4.69) is 0 Å². The maximum Gasteiger partial charge on any atom is 0.329 e. The van der Waals surface area contributed by atoms with Crippen molar-refractivity contribution in [2.45, 2.75) is 179 Å². The van der Waals surface area contributed by atoms with Gasteiger partial charge in [-0.05, 0) is 108 Å². The number of hydrogen-bond acceptors (Lipinski definition) is 13. The molecule has 14 heteroatoms. The predicted molar refractivity (Wildman–Crippen MR) is 231 cm³/mol. The van der Waals surface area contributed by atoms with Crippen LogP contribution in [0.3, 0.4) is 0 Å². The van der Waals surface area contributed by atoms with E-state index in [4.69, 9.17) is 23.7 Å². The van der Waals surface area contributed by atoms with Gasteiger partial charge in [0.2, 0.25) is 5.79 Å². The fraction of sp³-hybridized carbons (Fsp3) is 0.729. The number of allylic oxidation sites excluding steroid dienone is 6. The van der Waals surface area contributed by atoms with Crippen LogP contribution in [-0.4, -0.2) is 132 Å². The van der Waals surface area contributed by atoms with E-state index in [9.17, 15) is 39.3 Å². The Labute approximate surface area is 368 Å². The highest BCUT2D eigenvalue weighted by Gasteiger charge is 2.53. The Bertz CT molecular complexity index is 1650. The van der Waals surface area contributed by atoms with Crippen LogP contribution >= 0.6 is 0 Å². The summed E-state index contributed by atoms with van der Waals surface area (Å²) in [4.78, 5) is 70.5. The molecule has 4 rings (SSSR count). The van der Waals surface area contributed by atoms with Crippen molar-refractivity contribution in [1.82, 2.24) is 4.90 Å². The van der Waals surface area contributed by atoms with Crippen LogP contribution in [0.4, 0.5) is 0 Å². The minimum absolute atomic E-state index is 0.0965. The third-order valence-electron chi connectivity index (χ3n) is 13.5. The quantitative estimate of drug-likeness (QED) is 0.174. The van der Waals surface area contributed by atoms with Gasteiger partial charge in [-0.15, -0.1) is 0 Å². The summed E-state index contributed by atoms with van der Waals surface area (Å²) in [6.45, 7) is 7.11. The lowest BCUT2D eigenvalue weighted by Crippen LogP contribution is -2.60. The van der Waals surface area contributed by atoms with Crippen LogP contribution in [0, 0.1) is 17.8 Å². The molecule has 2 bridgehead atoms. The largest absolute Gasteiger partial charge is 0.460 e. The summed E-state index contributed by atoms with van der Waals surface area (Å²) >= 11 is 0. The number of methoxy groups -OCH3 is 3. The van der Waals surface area contributed by atoms with Crippen molar-refractivity contribution in [1.29, 1.82) is 0 Å². The first-order chi connectivity index (χ1) is 29.5. The molecule has 0 radical (unpaired) electrons. The van der Waals surface area contributed by atoms with Crippen molar-refractivity contribution in [2.75, 3.05) is 27.9 Å². The third kappa shape index (κ3) is 13.8. The minimum atomic E-state index is -2.42. The summed E-state index contributed by atoms with van der Waals surface area (Å²) in [5, 5.41) is 33.4. The molecule has 0 aromatic rings. The summed E-state index contributed by atoms with van der Waals surface area (Å²) in [7, 11) is 4.50. The highest BCUT2D eigenvalue weighted by atomic mass is 16.6. The minimum Gasteiger partial charge on any atom is -0.460 e. The maximum absolute atomic E-state index is 14.1. The van der Waals surface area contributed by atoms with E-state index < -0.39 is 77.9 Å². The molecule has 1 aliphatic carbocycles. The van der Waals surface area contributed by atoms with E-state index in [1.807, 2.05) is 37.3 Å². The first-order valence-electron chi connectivity index (χ1n) is 22.7. The zero-order valence-corrected chi connectivity index (χ0v) is 38.0. The molecule has 3 aliphatic heterocycles. The predicted octanol–water partition coefficient (Wildman–Crippen LogP) is 5.44. The van der Waals surface area contributed by atoms with E-state index >= 15 is 0 Å². The number of esters is 1. The summed E-state index contributed by atoms with van der Waals surface area (Å²) in [5.41, 5.74) is 1.28. The molecule has 0 unspecified atom stereocenters. The maximum atomic E-state index is 14.1. The molecule has 1 amide bonds. The van der Waals surface area contributed by atoms with Crippen LogP contribution in [0.25, 0.3) is 0 Å². The van der Waals surface area contributed by atoms with Gasteiger partial charge >= 0.3 is 5.97 Å². The summed E-state index contributed by atoms with van der Waals surface area (Å²) in [5.74, 6) is -6.79. The second kappa shape index (κ2) is 24.6. The fourth-order valence-electron chi connectivity index (χ4n) is 9.19. The number of aliphatic hydroxyl groups is 3. The van der Waals surface area contributed by atoms with Crippen LogP contribution < -0.4 is 0 Å². The Morgan fingerprint density at radius 1 is 0.839 bits per heavy atom. The van der Waals surface area contributed by atoms with Crippen molar-refractivity contribution >= 4 is 29.2 Å². The first-order valence-corrected chi connectivity index (χ1v) is 22.7. The van der Waals surface area contributed by atoms with Gasteiger partial charge in [0.1, 0.15) is 30.1 Å². The van der Waals surface area contributed by atoms with E-state index in [1.54, 1.807) is 41.1 Å². The number of ketones is 3. The molecule has 0 aromatic carbocycles. The van der Waals surface area contributed by atoms with Crippen molar-refractivity contribution in [2.24, 2.45) is 17.8 Å². The van der Waals surface area contributed by atoms with Crippen molar-refractivity contribution in [3.05, 3.63) is 47.6 Å². The molecule has 0 spiro atoms. The van der Waals surface area contributed by atoms with Crippen molar-refractivity contribution in [3.63, 3.8) is 0 Å². The molecule has 62 heavy (non-hydrogen) atoms. The molecule has 3 heterocycles. The number of carbonyl (C=O) groups is 5. The lowest BCUT2D eigenvalue weighted by atomic mass is 9.82. The summed E-state index contributed by atoms with van der Waals surface area (Å²) in [6.07, 6.45) is 12.2. The van der Waals surface area contributed by atoms with E-state index in [0.29, 0.717) is 76.2 Å². The topological polar surface area (TPSA) is 195 Å². The standard InChI is InChI=1S/C48H73NO13/c1-30-15-11-9-8-10-12-16-31(2)42(52)44(60-7)43(53)32(3)18-22-35(50)28-36(24-20-34-21-25-39(51)41(27-34)59-6)61-47(56)38-17-13-14-26-49(38)46(55)45(54)48(57)33(4)19-23-37(62-48)29-40(30)58-5/h8-11,15,18,31,33-34,36-41,43-44,51,53,57H,12-14,16-17,19-29H2,1-7H3/b10-8+,11-9+,30-15+,32-18+/t31-,33-,34-,36-,37+,38+,39-,40+,41-,43-,44+,48-/m1/s1. The number of Topliss-reactive ketones (excluding diaryl/α,β-unsaturated/α-hetero) is 3. The number of amides is 1. The Balaban J connectivity index is 1.63. The van der Waals surface area contributed by atoms with Crippen molar-refractivity contribution < 1.29 is 63.0 Å². The van der Waals surface area contributed by atoms with Gasteiger partial charge in [-0.1, -0.05) is 50.3 Å². The van der Waals surface area contributed by atoms with Gasteiger partial charge in [-0.2, -0.15) is 0 Å². The second-order valence-corrected chi connectivity index (χ2v) is 18.0. The zero-order chi connectivity index (χ0) is 45.6. The summed E-state index contributed by atoms with van der Waals surface area (Å²) < 4.78 is 29.0. The van der Waals surface area contributed by atoms with Gasteiger partial charge in [0.05, 0.1) is 24.4 Å². The summed E-state index contributed by atoms with van der Waals surface area (Å²) in [6, 6.07) is -1.12. The number of nitrogens with zero attached hydrogens (tertiary/aromatic N) is 1. The molecular weight excluding hydrogens is 799 g/mol. The van der Waals surface area contributed by atoms with Crippen LogP contribution in [0.15, 0.2) is 47.6 Å². The molecule has 0 aromatic heterocycles. The Kier molecular flexibility index (Phi) is 20.4. The number of hydrogen-bond donors (Lipinski definition) is 3. The van der Waals surface area contributed by atoms with E-state index in [0.717, 1.165) is 12.0 Å². The fourth-order valence-corrected chi connectivity index (χ4v) is 9.19. The molecule has 3 fully saturated rings. The van der Waals surface area contributed by atoms with E-state index in [-0.39, 0.29) is 49.4 Å². The zero-order valence-electron chi connectivity index (χ0n) is 38.0. The average molecular weight is 872 g/mol. The molecule has 14 nitrogen and oxygen atoms in total. The average Bonchev–Trinajstić information content (AvgIpc) is 3.26. The Morgan fingerprint density at radius 3 is 2.31 bits per heavy atom. The van der Waals surface area contributed by atoms with Crippen LogP contribution in [-0.2, 0) is 47.7 Å². The second-order valence-electron chi connectivity index (χ2n) is 18.0. The van der Waals surface area contributed by atoms with E-state index in [1.165, 1.54) is 12.0 Å². The third-order valence-corrected chi connectivity index (χ3v) is 13.5. The van der Waals surface area contributed by atoms with Crippen LogP contribution in [0.1, 0.15) is 124 Å². The van der Waals surface area contributed by atoms with Crippen LogP contribution in [0.5, 0.6) is 0 Å². The molecular formula is C48H73NO13. The number of ether oxygens (including phenoxy) is 5. The van der Waals surface area contributed by atoms with Gasteiger partial charge < -0.3 is 43.9 Å². The number of aliphatic hydroxyl groups excluding tert-OH is 2. The number of fused-ring (bicyclic) bond motifs is 3. The number of piperidine rings is 1. The van der Waals surface area contributed by atoms with Gasteiger partial charge in [0, 0.05) is 59.0 Å². The lowest BCUT2D eigenvalue weighted by molar-refractivity contribution is -0.265. The SMILES string of the molecule is CO[C@H]1C[C@@H]2CC[C@@H](C)[C@@](O)(O2)C(=O)C(=O)N2CCCC[C@H]2C(=O)O[C@H](CC[C@@H]2CC[C@@H](O)[C@H](OC)C2)CC(=O)C/C=C(\C)[C@@H](O)[C@@H](OC)C(=O)[C@H](C)CC/C=C/C=C/C=C/1C. The number of rotatable bonds is 6. The molecule has 2 saturated heterocycles. The lowest BCUT2D eigenvalue weighted by Gasteiger charge is -2.42. The molecule has 1 saturated carbocycles. The van der Waals surface area contributed by atoms with Crippen LogP contribution in [0.2, 0.25) is 0 Å². The number of carbonyl (C=O) groups excluding carboxylic acids is 5. The molecule has 3 N–H and O–H groups in total. The Hall–Kier alpha value is -3.37. The molecule has 12 atom stereocenters. The highest BCUT2D eigenvalue weighted by Crippen LogP contribution is 2.37.